The van der Waals surface area contributed by atoms with Crippen molar-refractivity contribution in [3.63, 3.8) is 0 Å². The van der Waals surface area contributed by atoms with Gasteiger partial charge >= 0.3 is 0 Å². The van der Waals surface area contributed by atoms with E-state index in [9.17, 15) is 4.39 Å². The summed E-state index contributed by atoms with van der Waals surface area (Å²) in [5.74, 6) is 0.165. The van der Waals surface area contributed by atoms with Gasteiger partial charge in [0.25, 0.3) is 0 Å². The molecule has 114 valence electrons. The van der Waals surface area contributed by atoms with Gasteiger partial charge in [0.2, 0.25) is 0 Å². The molecule has 0 aliphatic rings. The topological polar surface area (TPSA) is 37.8 Å². The average Bonchev–Trinajstić information content (AvgIpc) is 3.19. The van der Waals surface area contributed by atoms with Crippen LogP contribution in [0.15, 0.2) is 47.4 Å². The molecule has 0 aliphatic heterocycles. The van der Waals surface area contributed by atoms with Crippen LogP contribution in [0.4, 0.5) is 15.9 Å². The number of fused-ring (bicyclic) bond motifs is 1. The fourth-order valence-corrected chi connectivity index (χ4v) is 4.19. The molecule has 3 nitrogen and oxygen atoms in total. The van der Waals surface area contributed by atoms with Gasteiger partial charge in [0.15, 0.2) is 0 Å². The van der Waals surface area contributed by atoms with Gasteiger partial charge < -0.3 is 5.32 Å². The van der Waals surface area contributed by atoms with Gasteiger partial charge in [0, 0.05) is 20.8 Å². The Morgan fingerprint density at radius 3 is 2.83 bits per heavy atom. The molecule has 0 spiro atoms. The Kier molecular flexibility index (Phi) is 3.72. The fraction of sp³-hybridized carbons (Fsp3) is 0. The standard InChI is InChI=1S/C16H9ClFN3S2/c17-9-3-4-12(11(18)6-9)21-15-14-10(13-2-1-5-22-13)7-23-16(14)20-8-19-15/h1-8H,(H,19,20,21). The minimum absolute atomic E-state index is 0.331. The summed E-state index contributed by atoms with van der Waals surface area (Å²) >= 11 is 8.99. The first-order valence-electron chi connectivity index (χ1n) is 6.70. The highest BCUT2D eigenvalue weighted by molar-refractivity contribution is 7.18. The van der Waals surface area contributed by atoms with Crippen LogP contribution in [0.5, 0.6) is 0 Å². The summed E-state index contributed by atoms with van der Waals surface area (Å²) in [7, 11) is 0. The molecule has 3 heterocycles. The van der Waals surface area contributed by atoms with E-state index in [1.807, 2.05) is 17.5 Å². The lowest BCUT2D eigenvalue weighted by Crippen LogP contribution is -1.97. The molecule has 0 amide bonds. The minimum Gasteiger partial charge on any atom is -0.337 e. The summed E-state index contributed by atoms with van der Waals surface area (Å²) in [6.07, 6.45) is 1.48. The highest BCUT2D eigenvalue weighted by Gasteiger charge is 2.15. The number of thiophene rings is 2. The van der Waals surface area contributed by atoms with Crippen LogP contribution in [0.25, 0.3) is 20.7 Å². The van der Waals surface area contributed by atoms with E-state index in [2.05, 4.69) is 20.7 Å². The quantitative estimate of drug-likeness (QED) is 0.489. The lowest BCUT2D eigenvalue weighted by atomic mass is 10.2. The van der Waals surface area contributed by atoms with Gasteiger partial charge in [-0.15, -0.1) is 22.7 Å². The lowest BCUT2D eigenvalue weighted by molar-refractivity contribution is 0.632. The maximum atomic E-state index is 14.1. The normalized spacial score (nSPS) is 11.0. The molecule has 7 heteroatoms. The van der Waals surface area contributed by atoms with E-state index >= 15 is 0 Å². The fourth-order valence-electron chi connectivity index (χ4n) is 2.30. The van der Waals surface area contributed by atoms with Crippen molar-refractivity contribution in [3.05, 3.63) is 58.3 Å². The third-order valence-electron chi connectivity index (χ3n) is 3.34. The molecule has 0 atom stereocenters. The van der Waals surface area contributed by atoms with E-state index in [-0.39, 0.29) is 0 Å². The monoisotopic (exact) mass is 361 g/mol. The van der Waals surface area contributed by atoms with Crippen LogP contribution in [-0.4, -0.2) is 9.97 Å². The van der Waals surface area contributed by atoms with Crippen molar-refractivity contribution < 1.29 is 4.39 Å². The Labute approximate surface area is 144 Å². The Morgan fingerprint density at radius 2 is 2.04 bits per heavy atom. The van der Waals surface area contributed by atoms with Crippen LogP contribution in [0, 0.1) is 5.82 Å². The first-order valence-corrected chi connectivity index (χ1v) is 8.84. The first-order chi connectivity index (χ1) is 11.2. The van der Waals surface area contributed by atoms with Crippen LogP contribution in [0.2, 0.25) is 5.02 Å². The third-order valence-corrected chi connectivity index (χ3v) is 5.37. The summed E-state index contributed by atoms with van der Waals surface area (Å²) in [6, 6.07) is 8.56. The zero-order valence-corrected chi connectivity index (χ0v) is 14.0. The van der Waals surface area contributed by atoms with Crippen LogP contribution in [-0.2, 0) is 0 Å². The van der Waals surface area contributed by atoms with E-state index in [1.54, 1.807) is 34.8 Å². The molecule has 23 heavy (non-hydrogen) atoms. The largest absolute Gasteiger partial charge is 0.337 e. The number of anilines is 2. The van der Waals surface area contributed by atoms with E-state index in [0.717, 1.165) is 20.7 Å². The maximum Gasteiger partial charge on any atom is 0.148 e. The Morgan fingerprint density at radius 1 is 1.13 bits per heavy atom. The highest BCUT2D eigenvalue weighted by atomic mass is 35.5. The molecule has 4 aromatic rings. The van der Waals surface area contributed by atoms with Gasteiger partial charge in [-0.2, -0.15) is 0 Å². The molecule has 0 bridgehead atoms. The molecule has 0 aliphatic carbocycles. The summed E-state index contributed by atoms with van der Waals surface area (Å²) in [5, 5.41) is 8.38. The SMILES string of the molecule is Fc1cc(Cl)ccc1Nc1ncnc2scc(-c3cccs3)c12. The molecular formula is C16H9ClFN3S2. The van der Waals surface area contributed by atoms with Crippen LogP contribution in [0.1, 0.15) is 0 Å². The summed E-state index contributed by atoms with van der Waals surface area (Å²) in [6.45, 7) is 0. The minimum atomic E-state index is -0.419. The maximum absolute atomic E-state index is 14.1. The zero-order chi connectivity index (χ0) is 15.8. The van der Waals surface area contributed by atoms with Gasteiger partial charge in [-0.1, -0.05) is 17.7 Å². The number of nitrogens with one attached hydrogen (secondary N) is 1. The van der Waals surface area contributed by atoms with Crippen LogP contribution < -0.4 is 5.32 Å². The summed E-state index contributed by atoms with van der Waals surface area (Å²) in [4.78, 5) is 10.6. The van der Waals surface area contributed by atoms with E-state index < -0.39 is 5.82 Å². The smallest absolute Gasteiger partial charge is 0.148 e. The highest BCUT2D eigenvalue weighted by Crippen LogP contribution is 2.39. The average molecular weight is 362 g/mol. The molecule has 0 fully saturated rings. The van der Waals surface area contributed by atoms with Crippen molar-refractivity contribution in [2.45, 2.75) is 0 Å². The van der Waals surface area contributed by atoms with Gasteiger partial charge in [-0.25, -0.2) is 14.4 Å². The number of rotatable bonds is 3. The lowest BCUT2D eigenvalue weighted by Gasteiger charge is -2.09. The number of halogens is 2. The van der Waals surface area contributed by atoms with Crippen molar-refractivity contribution in [2.24, 2.45) is 0 Å². The Hall–Kier alpha value is -2.02. The van der Waals surface area contributed by atoms with Crippen molar-refractivity contribution in [1.82, 2.24) is 9.97 Å². The van der Waals surface area contributed by atoms with Crippen molar-refractivity contribution in [2.75, 3.05) is 5.32 Å². The van der Waals surface area contributed by atoms with Gasteiger partial charge in [-0.3, -0.25) is 0 Å². The number of hydrogen-bond donors (Lipinski definition) is 1. The molecule has 4 rings (SSSR count). The molecular weight excluding hydrogens is 353 g/mol. The number of nitrogens with zero attached hydrogens (tertiary/aromatic N) is 2. The van der Waals surface area contributed by atoms with Gasteiger partial charge in [0.05, 0.1) is 11.1 Å². The number of benzene rings is 1. The first kappa shape index (κ1) is 14.6. The molecule has 0 unspecified atom stereocenters. The second-order valence-corrected chi connectivity index (χ2v) is 7.02. The van der Waals surface area contributed by atoms with Crippen LogP contribution in [0.3, 0.4) is 0 Å². The van der Waals surface area contributed by atoms with Crippen molar-refractivity contribution in [3.8, 4) is 10.4 Å². The van der Waals surface area contributed by atoms with E-state index in [4.69, 9.17) is 11.6 Å². The number of aromatic nitrogens is 2. The van der Waals surface area contributed by atoms with E-state index in [0.29, 0.717) is 16.5 Å². The molecule has 0 saturated carbocycles. The van der Waals surface area contributed by atoms with Gasteiger partial charge in [0.1, 0.15) is 22.8 Å². The third kappa shape index (κ3) is 2.69. The molecule has 0 radical (unpaired) electrons. The Bertz CT molecular complexity index is 982. The summed E-state index contributed by atoms with van der Waals surface area (Å²) < 4.78 is 14.1. The van der Waals surface area contributed by atoms with Crippen molar-refractivity contribution >= 4 is 56.0 Å². The van der Waals surface area contributed by atoms with Gasteiger partial charge in [-0.05, 0) is 29.6 Å². The second-order valence-electron chi connectivity index (χ2n) is 4.78. The predicted octanol–water partition coefficient (Wildman–Crippen LogP) is 5.96. The predicted molar refractivity (Wildman–Crippen MR) is 95.4 cm³/mol. The number of hydrogen-bond acceptors (Lipinski definition) is 5. The Balaban J connectivity index is 1.85. The van der Waals surface area contributed by atoms with Crippen molar-refractivity contribution in [1.29, 1.82) is 0 Å². The van der Waals surface area contributed by atoms with Crippen LogP contribution >= 0.6 is 34.3 Å². The zero-order valence-electron chi connectivity index (χ0n) is 11.6. The second kappa shape index (κ2) is 5.88. The molecule has 0 saturated heterocycles. The molecule has 1 N–H and O–H groups in total. The molecule has 3 aromatic heterocycles. The molecule has 1 aromatic carbocycles. The summed E-state index contributed by atoms with van der Waals surface area (Å²) in [5.41, 5.74) is 1.38. The van der Waals surface area contributed by atoms with E-state index in [1.165, 1.54) is 12.4 Å².